The number of nitro benzene ring substituents is 1. The third-order valence-corrected chi connectivity index (χ3v) is 3.74. The van der Waals surface area contributed by atoms with Crippen LogP contribution in [0.3, 0.4) is 0 Å². The molecule has 1 aromatic carbocycles. The van der Waals surface area contributed by atoms with E-state index in [1.165, 1.54) is 17.1 Å². The van der Waals surface area contributed by atoms with Gasteiger partial charge in [0.2, 0.25) is 17.8 Å². The fourth-order valence-corrected chi connectivity index (χ4v) is 2.48. The molecule has 2 N–H and O–H groups in total. The Morgan fingerprint density at radius 1 is 1.54 bits per heavy atom. The molecule has 0 radical (unpaired) electrons. The summed E-state index contributed by atoms with van der Waals surface area (Å²) in [5.41, 5.74) is 0.744. The molecule has 10 heteroatoms. The van der Waals surface area contributed by atoms with Crippen LogP contribution in [0.5, 0.6) is 0 Å². The Balaban J connectivity index is 1.67. The molecule has 0 fully saturated rings. The van der Waals surface area contributed by atoms with E-state index < -0.39 is 16.7 Å². The number of fused-ring (bicyclic) bond motifs is 1. The van der Waals surface area contributed by atoms with E-state index >= 15 is 0 Å². The first-order chi connectivity index (χ1) is 11.4. The number of nitro groups is 1. The Morgan fingerprint density at radius 2 is 2.33 bits per heavy atom. The molecule has 0 unspecified atom stereocenters. The van der Waals surface area contributed by atoms with Crippen LogP contribution in [0, 0.1) is 23.0 Å². The van der Waals surface area contributed by atoms with Crippen molar-refractivity contribution in [3.8, 4) is 0 Å². The highest BCUT2D eigenvalue weighted by molar-refractivity contribution is 5.98. The van der Waals surface area contributed by atoms with Gasteiger partial charge in [0, 0.05) is 23.7 Å². The van der Waals surface area contributed by atoms with E-state index in [9.17, 15) is 19.7 Å². The standard InChI is InChI=1S/C14H14N6O4/c1-8-2-3-10(5-11(8)20(23)24)17-12(21)4-9-6-19-14(15-7-16-19)18-13(9)22/h2-3,5,7,9H,4,6H2,1H3,(H,17,21)(H,15,16,18,22)/t9-/m0/s1. The van der Waals surface area contributed by atoms with E-state index in [0.717, 1.165) is 0 Å². The maximum atomic E-state index is 12.1. The number of anilines is 2. The lowest BCUT2D eigenvalue weighted by molar-refractivity contribution is -0.385. The number of benzene rings is 1. The fraction of sp³-hybridized carbons (Fsp3) is 0.286. The van der Waals surface area contributed by atoms with Crippen molar-refractivity contribution in [3.63, 3.8) is 0 Å². The molecule has 0 spiro atoms. The third-order valence-electron chi connectivity index (χ3n) is 3.74. The van der Waals surface area contributed by atoms with Gasteiger partial charge in [-0.25, -0.2) is 4.68 Å². The van der Waals surface area contributed by atoms with Gasteiger partial charge >= 0.3 is 0 Å². The number of nitrogens with zero attached hydrogens (tertiary/aromatic N) is 4. The van der Waals surface area contributed by atoms with E-state index in [1.807, 2.05) is 0 Å². The van der Waals surface area contributed by atoms with Crippen molar-refractivity contribution in [3.05, 3.63) is 40.2 Å². The van der Waals surface area contributed by atoms with Crippen LogP contribution in [0.2, 0.25) is 0 Å². The highest BCUT2D eigenvalue weighted by Gasteiger charge is 2.29. The van der Waals surface area contributed by atoms with E-state index in [-0.39, 0.29) is 24.6 Å². The Kier molecular flexibility index (Phi) is 3.94. The van der Waals surface area contributed by atoms with Gasteiger partial charge in [-0.2, -0.15) is 10.1 Å². The predicted octanol–water partition coefficient (Wildman–Crippen LogP) is 1.09. The topological polar surface area (TPSA) is 132 Å². The number of nitrogens with one attached hydrogen (secondary N) is 2. The van der Waals surface area contributed by atoms with E-state index in [4.69, 9.17) is 0 Å². The summed E-state index contributed by atoms with van der Waals surface area (Å²) in [6.07, 6.45) is 1.26. The lowest BCUT2D eigenvalue weighted by atomic mass is 10.0. The minimum atomic E-state index is -0.584. The first-order valence-corrected chi connectivity index (χ1v) is 7.17. The van der Waals surface area contributed by atoms with Gasteiger partial charge in [-0.15, -0.1) is 0 Å². The quantitative estimate of drug-likeness (QED) is 0.637. The molecule has 1 aromatic heterocycles. The van der Waals surface area contributed by atoms with E-state index in [2.05, 4.69) is 20.7 Å². The minimum absolute atomic E-state index is 0.0627. The average Bonchev–Trinajstić information content (AvgIpc) is 2.96. The number of hydrogen-bond acceptors (Lipinski definition) is 6. The molecule has 2 amide bonds. The van der Waals surface area contributed by atoms with Gasteiger partial charge in [-0.3, -0.25) is 25.0 Å². The molecule has 0 saturated heterocycles. The normalized spacial score (nSPS) is 16.2. The molecule has 0 aliphatic carbocycles. The molecule has 1 atom stereocenters. The summed E-state index contributed by atoms with van der Waals surface area (Å²) in [4.78, 5) is 38.4. The van der Waals surface area contributed by atoms with Gasteiger partial charge in [0.05, 0.1) is 17.4 Å². The second kappa shape index (κ2) is 6.07. The Bertz CT molecular complexity index is 830. The maximum Gasteiger partial charge on any atom is 0.274 e. The van der Waals surface area contributed by atoms with Gasteiger partial charge in [-0.05, 0) is 13.0 Å². The second-order valence-electron chi connectivity index (χ2n) is 5.46. The lowest BCUT2D eigenvalue weighted by Gasteiger charge is -2.21. The molecule has 1 aliphatic heterocycles. The highest BCUT2D eigenvalue weighted by Crippen LogP contribution is 2.23. The molecular weight excluding hydrogens is 316 g/mol. The SMILES string of the molecule is Cc1ccc(NC(=O)C[C@H]2Cn3ncnc3NC2=O)cc1[N+](=O)[O-]. The number of amides is 2. The molecule has 124 valence electrons. The van der Waals surface area contributed by atoms with Crippen LogP contribution >= 0.6 is 0 Å². The molecule has 3 rings (SSSR count). The van der Waals surface area contributed by atoms with Crippen molar-refractivity contribution in [2.75, 3.05) is 10.6 Å². The highest BCUT2D eigenvalue weighted by atomic mass is 16.6. The number of carbonyl (C=O) groups is 2. The summed E-state index contributed by atoms with van der Waals surface area (Å²) in [7, 11) is 0. The molecule has 2 heterocycles. The van der Waals surface area contributed by atoms with Crippen LogP contribution in [0.1, 0.15) is 12.0 Å². The zero-order valence-corrected chi connectivity index (χ0v) is 12.7. The molecule has 2 aromatic rings. The lowest BCUT2D eigenvalue weighted by Crippen LogP contribution is -2.36. The average molecular weight is 330 g/mol. The predicted molar refractivity (Wildman–Crippen MR) is 83.2 cm³/mol. The van der Waals surface area contributed by atoms with Crippen LogP contribution in [-0.4, -0.2) is 31.5 Å². The summed E-state index contributed by atoms with van der Waals surface area (Å²) in [5.74, 6) is -0.942. The third kappa shape index (κ3) is 3.07. The van der Waals surface area contributed by atoms with Crippen LogP contribution in [0.4, 0.5) is 17.3 Å². The number of carbonyl (C=O) groups excluding carboxylic acids is 2. The first kappa shape index (κ1) is 15.6. The number of aryl methyl sites for hydroxylation is 1. The van der Waals surface area contributed by atoms with Crippen LogP contribution < -0.4 is 10.6 Å². The summed E-state index contributed by atoms with van der Waals surface area (Å²) < 4.78 is 1.51. The van der Waals surface area contributed by atoms with Crippen LogP contribution in [-0.2, 0) is 16.1 Å². The Morgan fingerprint density at radius 3 is 3.08 bits per heavy atom. The Hall–Kier alpha value is -3.30. The smallest absolute Gasteiger partial charge is 0.274 e. The van der Waals surface area contributed by atoms with Crippen LogP contribution in [0.15, 0.2) is 24.5 Å². The van der Waals surface area contributed by atoms with Crippen molar-refractivity contribution in [2.24, 2.45) is 5.92 Å². The van der Waals surface area contributed by atoms with Gasteiger partial charge in [0.25, 0.3) is 5.69 Å². The molecule has 0 bridgehead atoms. The maximum absolute atomic E-state index is 12.1. The van der Waals surface area contributed by atoms with Crippen molar-refractivity contribution in [2.45, 2.75) is 19.9 Å². The number of aromatic nitrogens is 3. The first-order valence-electron chi connectivity index (χ1n) is 7.17. The van der Waals surface area contributed by atoms with E-state index in [0.29, 0.717) is 17.2 Å². The molecular formula is C14H14N6O4. The fourth-order valence-electron chi connectivity index (χ4n) is 2.48. The second-order valence-corrected chi connectivity index (χ2v) is 5.46. The molecule has 10 nitrogen and oxygen atoms in total. The monoisotopic (exact) mass is 330 g/mol. The van der Waals surface area contributed by atoms with Crippen molar-refractivity contribution in [1.82, 2.24) is 14.8 Å². The summed E-state index contributed by atoms with van der Waals surface area (Å²) in [5, 5.41) is 20.0. The number of rotatable bonds is 4. The van der Waals surface area contributed by atoms with Crippen molar-refractivity contribution >= 4 is 29.1 Å². The van der Waals surface area contributed by atoms with Gasteiger partial charge in [0.1, 0.15) is 6.33 Å². The van der Waals surface area contributed by atoms with Crippen molar-refractivity contribution < 1.29 is 14.5 Å². The molecule has 24 heavy (non-hydrogen) atoms. The summed E-state index contributed by atoms with van der Waals surface area (Å²) in [6.45, 7) is 1.87. The van der Waals surface area contributed by atoms with Gasteiger partial charge in [0.15, 0.2) is 0 Å². The minimum Gasteiger partial charge on any atom is -0.326 e. The molecule has 1 aliphatic rings. The van der Waals surface area contributed by atoms with Gasteiger partial charge in [-0.1, -0.05) is 6.07 Å². The number of hydrogen-bond donors (Lipinski definition) is 2. The summed E-state index contributed by atoms with van der Waals surface area (Å²) >= 11 is 0. The molecule has 0 saturated carbocycles. The summed E-state index contributed by atoms with van der Waals surface area (Å²) in [6, 6.07) is 4.43. The van der Waals surface area contributed by atoms with E-state index in [1.54, 1.807) is 19.1 Å². The van der Waals surface area contributed by atoms with Crippen LogP contribution in [0.25, 0.3) is 0 Å². The zero-order valence-electron chi connectivity index (χ0n) is 12.7. The zero-order chi connectivity index (χ0) is 17.3. The Labute approximate surface area is 136 Å². The largest absolute Gasteiger partial charge is 0.326 e. The van der Waals surface area contributed by atoms with Crippen molar-refractivity contribution in [1.29, 1.82) is 0 Å². The van der Waals surface area contributed by atoms with Gasteiger partial charge < -0.3 is 5.32 Å².